The van der Waals surface area contributed by atoms with E-state index in [1.165, 1.54) is 10.8 Å². The Kier molecular flexibility index (Phi) is 4.12. The standard InChI is InChI=1S/C20H17ClN10O/c21-13-8-10-29-15(13)17(32)30(12-5-2-1-3-6-12)16(27-29)14-7-4-9-28(14)20-26-18(22)25-19-23-11-24-31(19)20/h1-3,5-6,8,10-11,14H,4,7,9H2,(H2,22,23,24,25)/t14-/m0/s1. The summed E-state index contributed by atoms with van der Waals surface area (Å²) >= 11 is 6.31. The molecule has 5 aromatic rings. The quantitative estimate of drug-likeness (QED) is 0.443. The second-order valence-corrected chi connectivity index (χ2v) is 7.90. The summed E-state index contributed by atoms with van der Waals surface area (Å²) in [6, 6.07) is 10.8. The molecule has 0 saturated carbocycles. The maximum atomic E-state index is 13.6. The molecule has 0 aliphatic carbocycles. The highest BCUT2D eigenvalue weighted by Gasteiger charge is 2.34. The number of hydrogen-bond acceptors (Lipinski definition) is 8. The second-order valence-electron chi connectivity index (χ2n) is 7.50. The molecular weight excluding hydrogens is 432 g/mol. The Hall–Kier alpha value is -3.99. The Balaban J connectivity index is 1.60. The van der Waals surface area contributed by atoms with Crippen LogP contribution in [0.1, 0.15) is 24.7 Å². The fourth-order valence-electron chi connectivity index (χ4n) is 4.28. The monoisotopic (exact) mass is 448 g/mol. The number of fused-ring (bicyclic) bond motifs is 2. The summed E-state index contributed by atoms with van der Waals surface area (Å²) < 4.78 is 4.70. The molecule has 0 spiro atoms. The van der Waals surface area contributed by atoms with Gasteiger partial charge in [-0.25, -0.2) is 4.52 Å². The maximum Gasteiger partial charge on any atom is 0.284 e. The van der Waals surface area contributed by atoms with Gasteiger partial charge in [-0.2, -0.15) is 29.7 Å². The number of hydrogen-bond donors (Lipinski definition) is 1. The van der Waals surface area contributed by atoms with E-state index in [-0.39, 0.29) is 17.5 Å². The van der Waals surface area contributed by atoms with Gasteiger partial charge in [0.1, 0.15) is 11.8 Å². The van der Waals surface area contributed by atoms with E-state index in [1.54, 1.807) is 21.3 Å². The molecule has 1 fully saturated rings. The Labute approximate surface area is 185 Å². The number of nitrogens with zero attached hydrogens (tertiary/aromatic N) is 9. The summed E-state index contributed by atoms with van der Waals surface area (Å²) in [7, 11) is 0. The topological polar surface area (TPSA) is 125 Å². The average Bonchev–Trinajstić information content (AvgIpc) is 3.53. The lowest BCUT2D eigenvalue weighted by molar-refractivity contribution is 0.591. The van der Waals surface area contributed by atoms with Crippen molar-refractivity contribution in [3.05, 3.63) is 70.1 Å². The van der Waals surface area contributed by atoms with Gasteiger partial charge in [0.25, 0.3) is 11.3 Å². The molecule has 0 amide bonds. The summed E-state index contributed by atoms with van der Waals surface area (Å²) in [5.74, 6) is 1.54. The van der Waals surface area contributed by atoms with Crippen molar-refractivity contribution in [1.29, 1.82) is 0 Å². The molecule has 160 valence electrons. The third-order valence-corrected chi connectivity index (χ3v) is 5.94. The van der Waals surface area contributed by atoms with Crippen LogP contribution in [0, 0.1) is 0 Å². The van der Waals surface area contributed by atoms with E-state index in [9.17, 15) is 4.79 Å². The van der Waals surface area contributed by atoms with E-state index in [2.05, 4.69) is 20.1 Å². The zero-order valence-corrected chi connectivity index (χ0v) is 17.5. The van der Waals surface area contributed by atoms with Crippen LogP contribution < -0.4 is 16.2 Å². The molecule has 1 aromatic carbocycles. The van der Waals surface area contributed by atoms with Crippen LogP contribution in [0.4, 0.5) is 11.9 Å². The molecule has 1 aliphatic rings. The molecular formula is C20H17ClN10O. The highest BCUT2D eigenvalue weighted by Crippen LogP contribution is 2.35. The zero-order valence-electron chi connectivity index (χ0n) is 16.7. The van der Waals surface area contributed by atoms with Crippen LogP contribution in [0.5, 0.6) is 0 Å². The van der Waals surface area contributed by atoms with Crippen LogP contribution >= 0.6 is 11.6 Å². The van der Waals surface area contributed by atoms with Gasteiger partial charge in [0.15, 0.2) is 5.82 Å². The minimum Gasteiger partial charge on any atom is -0.368 e. The molecule has 0 unspecified atom stereocenters. The van der Waals surface area contributed by atoms with E-state index in [0.29, 0.717) is 40.3 Å². The fourth-order valence-corrected chi connectivity index (χ4v) is 4.50. The van der Waals surface area contributed by atoms with Crippen molar-refractivity contribution in [2.24, 2.45) is 0 Å². The van der Waals surface area contributed by atoms with Gasteiger partial charge in [-0.3, -0.25) is 9.36 Å². The summed E-state index contributed by atoms with van der Waals surface area (Å²) in [6.45, 7) is 0.686. The van der Waals surface area contributed by atoms with Crippen LogP contribution in [-0.4, -0.2) is 45.3 Å². The molecule has 0 bridgehead atoms. The van der Waals surface area contributed by atoms with Gasteiger partial charge in [-0.05, 0) is 31.0 Å². The van der Waals surface area contributed by atoms with E-state index >= 15 is 0 Å². The first-order valence-electron chi connectivity index (χ1n) is 10.1. The normalized spacial score (nSPS) is 16.4. The molecule has 11 nitrogen and oxygen atoms in total. The number of benzene rings is 1. The molecule has 0 radical (unpaired) electrons. The van der Waals surface area contributed by atoms with E-state index in [1.807, 2.05) is 35.2 Å². The number of nitrogen functional groups attached to an aromatic ring is 1. The van der Waals surface area contributed by atoms with Crippen LogP contribution in [0.25, 0.3) is 17.0 Å². The largest absolute Gasteiger partial charge is 0.368 e. The minimum absolute atomic E-state index is 0.104. The first-order chi connectivity index (χ1) is 15.6. The minimum atomic E-state index is -0.254. The van der Waals surface area contributed by atoms with Gasteiger partial charge in [0.05, 0.1) is 16.8 Å². The summed E-state index contributed by atoms with van der Waals surface area (Å²) in [5.41, 5.74) is 6.73. The van der Waals surface area contributed by atoms with E-state index in [4.69, 9.17) is 22.4 Å². The van der Waals surface area contributed by atoms with Crippen molar-refractivity contribution in [2.45, 2.75) is 18.9 Å². The van der Waals surface area contributed by atoms with Gasteiger partial charge in [0, 0.05) is 12.7 Å². The van der Waals surface area contributed by atoms with Gasteiger partial charge in [-0.15, -0.1) is 0 Å². The number of para-hydroxylation sites is 1. The van der Waals surface area contributed by atoms with Crippen molar-refractivity contribution in [3.63, 3.8) is 0 Å². The van der Waals surface area contributed by atoms with E-state index < -0.39 is 0 Å². The highest BCUT2D eigenvalue weighted by atomic mass is 35.5. The van der Waals surface area contributed by atoms with Crippen molar-refractivity contribution in [3.8, 4) is 5.69 Å². The summed E-state index contributed by atoms with van der Waals surface area (Å²) in [4.78, 5) is 28.3. The Bertz CT molecular complexity index is 1520. The molecule has 6 rings (SSSR count). The maximum absolute atomic E-state index is 13.6. The third-order valence-electron chi connectivity index (χ3n) is 5.63. The van der Waals surface area contributed by atoms with Crippen molar-refractivity contribution >= 4 is 34.8 Å². The first kappa shape index (κ1) is 18.8. The van der Waals surface area contributed by atoms with Crippen LogP contribution in [-0.2, 0) is 0 Å². The van der Waals surface area contributed by atoms with Crippen LogP contribution in [0.15, 0.2) is 53.7 Å². The van der Waals surface area contributed by atoms with Crippen LogP contribution in [0.3, 0.4) is 0 Å². The third kappa shape index (κ3) is 2.74. The summed E-state index contributed by atoms with van der Waals surface area (Å²) in [5, 5.41) is 9.43. The number of anilines is 2. The number of nitrogens with two attached hydrogens (primary N) is 1. The molecule has 1 saturated heterocycles. The highest BCUT2D eigenvalue weighted by molar-refractivity contribution is 6.33. The lowest BCUT2D eigenvalue weighted by Crippen LogP contribution is -2.34. The smallest absolute Gasteiger partial charge is 0.284 e. The predicted octanol–water partition coefficient (Wildman–Crippen LogP) is 1.89. The molecule has 32 heavy (non-hydrogen) atoms. The lowest BCUT2D eigenvalue weighted by Gasteiger charge is -2.27. The Morgan fingerprint density at radius 3 is 2.81 bits per heavy atom. The molecule has 2 N–H and O–H groups in total. The molecule has 4 aromatic heterocycles. The number of aromatic nitrogens is 8. The van der Waals surface area contributed by atoms with E-state index in [0.717, 1.165) is 12.8 Å². The molecule has 1 atom stereocenters. The average molecular weight is 449 g/mol. The van der Waals surface area contributed by atoms with Crippen molar-refractivity contribution in [2.75, 3.05) is 17.2 Å². The van der Waals surface area contributed by atoms with Crippen molar-refractivity contribution < 1.29 is 0 Å². The Morgan fingerprint density at radius 1 is 1.12 bits per heavy atom. The van der Waals surface area contributed by atoms with Gasteiger partial charge in [0.2, 0.25) is 11.9 Å². The molecule has 1 aliphatic heterocycles. The van der Waals surface area contributed by atoms with Gasteiger partial charge >= 0.3 is 0 Å². The Morgan fingerprint density at radius 2 is 1.97 bits per heavy atom. The SMILES string of the molecule is Nc1nc(N2CCC[C@H]2c2nn3ccc(Cl)c3c(=O)n2-c2ccccc2)n2ncnc2n1. The molecule has 5 heterocycles. The predicted molar refractivity (Wildman–Crippen MR) is 118 cm³/mol. The van der Waals surface area contributed by atoms with Crippen LogP contribution in [0.2, 0.25) is 5.02 Å². The fraction of sp³-hybridized carbons (Fsp3) is 0.200. The van der Waals surface area contributed by atoms with Gasteiger partial charge in [-0.1, -0.05) is 29.8 Å². The van der Waals surface area contributed by atoms with Crippen molar-refractivity contribution in [1.82, 2.24) is 38.7 Å². The zero-order chi connectivity index (χ0) is 21.8. The second kappa shape index (κ2) is 7.02. The van der Waals surface area contributed by atoms with Gasteiger partial charge < -0.3 is 10.6 Å². The molecule has 12 heteroatoms. The number of rotatable bonds is 3. The number of halogens is 1. The lowest BCUT2D eigenvalue weighted by atomic mass is 10.2. The first-order valence-corrected chi connectivity index (χ1v) is 10.4. The summed E-state index contributed by atoms with van der Waals surface area (Å²) in [6.07, 6.45) is 4.74.